The summed E-state index contributed by atoms with van der Waals surface area (Å²) in [5.41, 5.74) is 1.09. The van der Waals surface area contributed by atoms with Crippen molar-refractivity contribution in [3.8, 4) is 0 Å². The van der Waals surface area contributed by atoms with Crippen molar-refractivity contribution in [2.45, 2.75) is 26.2 Å². The number of carbonyl (C=O) groups is 3. The first-order valence-corrected chi connectivity index (χ1v) is 7.50. The molecule has 0 radical (unpaired) electrons. The van der Waals surface area contributed by atoms with Crippen molar-refractivity contribution < 1.29 is 14.4 Å². The molecule has 0 aromatic heterocycles. The van der Waals surface area contributed by atoms with E-state index < -0.39 is 0 Å². The van der Waals surface area contributed by atoms with E-state index in [9.17, 15) is 14.4 Å². The zero-order valence-corrected chi connectivity index (χ0v) is 12.7. The predicted octanol–water partition coefficient (Wildman–Crippen LogP) is 1.39. The first-order chi connectivity index (χ1) is 10.6. The number of likely N-dealkylation sites (tertiary alicyclic amines) is 1. The highest BCUT2D eigenvalue weighted by Gasteiger charge is 2.17. The first kappa shape index (κ1) is 16.0. The molecule has 22 heavy (non-hydrogen) atoms. The summed E-state index contributed by atoms with van der Waals surface area (Å²) < 4.78 is 0. The van der Waals surface area contributed by atoms with Crippen LogP contribution in [0.3, 0.4) is 0 Å². The minimum atomic E-state index is -0.292. The Morgan fingerprint density at radius 2 is 1.68 bits per heavy atom. The topological polar surface area (TPSA) is 78.5 Å². The molecule has 118 valence electrons. The van der Waals surface area contributed by atoms with E-state index in [1.54, 1.807) is 29.2 Å². The molecule has 1 aromatic carbocycles. The highest BCUT2D eigenvalue weighted by Crippen LogP contribution is 2.10. The number of nitrogens with one attached hydrogen (secondary N) is 2. The Kier molecular flexibility index (Phi) is 5.52. The Morgan fingerprint density at radius 1 is 1.05 bits per heavy atom. The van der Waals surface area contributed by atoms with Crippen molar-refractivity contribution >= 4 is 23.4 Å². The van der Waals surface area contributed by atoms with Crippen LogP contribution in [-0.2, 0) is 9.59 Å². The molecule has 1 aromatic rings. The second kappa shape index (κ2) is 7.59. The van der Waals surface area contributed by atoms with Gasteiger partial charge in [0.15, 0.2) is 0 Å². The predicted molar refractivity (Wildman–Crippen MR) is 83.5 cm³/mol. The second-order valence-corrected chi connectivity index (χ2v) is 5.38. The third-order valence-corrected chi connectivity index (χ3v) is 3.58. The zero-order valence-electron chi connectivity index (χ0n) is 12.7. The number of carbonyl (C=O) groups excluding carboxylic acids is 3. The molecule has 0 saturated carbocycles. The maximum Gasteiger partial charge on any atom is 0.251 e. The van der Waals surface area contributed by atoms with E-state index in [4.69, 9.17) is 0 Å². The Labute approximate surface area is 129 Å². The number of anilines is 1. The lowest BCUT2D eigenvalue weighted by Gasteiger charge is -2.26. The van der Waals surface area contributed by atoms with Crippen LogP contribution in [0.2, 0.25) is 0 Å². The van der Waals surface area contributed by atoms with E-state index in [1.165, 1.54) is 6.92 Å². The summed E-state index contributed by atoms with van der Waals surface area (Å²) in [5.74, 6) is -0.494. The van der Waals surface area contributed by atoms with Crippen LogP contribution in [0.5, 0.6) is 0 Å². The molecule has 1 heterocycles. The molecule has 0 aliphatic carbocycles. The maximum atomic E-state index is 12.0. The van der Waals surface area contributed by atoms with Crippen LogP contribution in [0, 0.1) is 0 Å². The van der Waals surface area contributed by atoms with E-state index >= 15 is 0 Å². The summed E-state index contributed by atoms with van der Waals surface area (Å²) in [4.78, 5) is 36.7. The van der Waals surface area contributed by atoms with Gasteiger partial charge in [0, 0.05) is 31.3 Å². The quantitative estimate of drug-likeness (QED) is 0.882. The van der Waals surface area contributed by atoms with Crippen molar-refractivity contribution in [3.63, 3.8) is 0 Å². The van der Waals surface area contributed by atoms with E-state index in [0.717, 1.165) is 32.4 Å². The van der Waals surface area contributed by atoms with Gasteiger partial charge in [0.2, 0.25) is 11.8 Å². The van der Waals surface area contributed by atoms with Crippen LogP contribution in [0.25, 0.3) is 0 Å². The van der Waals surface area contributed by atoms with Gasteiger partial charge in [-0.2, -0.15) is 0 Å². The van der Waals surface area contributed by atoms with Crippen LogP contribution in [-0.4, -0.2) is 42.3 Å². The molecule has 3 amide bonds. The van der Waals surface area contributed by atoms with Crippen molar-refractivity contribution in [2.75, 3.05) is 25.0 Å². The van der Waals surface area contributed by atoms with Gasteiger partial charge >= 0.3 is 0 Å². The van der Waals surface area contributed by atoms with Gasteiger partial charge in [-0.3, -0.25) is 14.4 Å². The van der Waals surface area contributed by atoms with Crippen LogP contribution >= 0.6 is 0 Å². The summed E-state index contributed by atoms with van der Waals surface area (Å²) in [5, 5.41) is 5.27. The Hall–Kier alpha value is -2.37. The number of benzene rings is 1. The molecule has 1 aliphatic rings. The van der Waals surface area contributed by atoms with Gasteiger partial charge in [0.25, 0.3) is 5.91 Å². The normalized spacial score (nSPS) is 14.3. The van der Waals surface area contributed by atoms with Gasteiger partial charge in [-0.25, -0.2) is 0 Å². The van der Waals surface area contributed by atoms with Gasteiger partial charge in [0.1, 0.15) is 0 Å². The minimum absolute atomic E-state index is 0.0201. The van der Waals surface area contributed by atoms with E-state index in [1.807, 2.05) is 0 Å². The largest absolute Gasteiger partial charge is 0.343 e. The van der Waals surface area contributed by atoms with Gasteiger partial charge in [0.05, 0.1) is 6.54 Å². The van der Waals surface area contributed by atoms with Crippen LogP contribution in [0.4, 0.5) is 5.69 Å². The summed E-state index contributed by atoms with van der Waals surface area (Å²) in [7, 11) is 0. The summed E-state index contributed by atoms with van der Waals surface area (Å²) in [6.07, 6.45) is 3.23. The molecular formula is C16H21N3O3. The van der Waals surface area contributed by atoms with E-state index in [-0.39, 0.29) is 24.3 Å². The average Bonchev–Trinajstić information content (AvgIpc) is 2.53. The highest BCUT2D eigenvalue weighted by molar-refractivity contribution is 5.97. The number of hydrogen-bond acceptors (Lipinski definition) is 3. The lowest BCUT2D eigenvalue weighted by molar-refractivity contribution is -0.131. The van der Waals surface area contributed by atoms with Crippen molar-refractivity contribution in [1.29, 1.82) is 0 Å². The first-order valence-electron chi connectivity index (χ1n) is 7.50. The fraction of sp³-hybridized carbons (Fsp3) is 0.438. The average molecular weight is 303 g/mol. The Morgan fingerprint density at radius 3 is 2.27 bits per heavy atom. The lowest BCUT2D eigenvalue weighted by Crippen LogP contribution is -2.42. The van der Waals surface area contributed by atoms with Crippen molar-refractivity contribution in [1.82, 2.24) is 10.2 Å². The molecule has 0 atom stereocenters. The molecule has 2 N–H and O–H groups in total. The number of piperidine rings is 1. The molecule has 1 fully saturated rings. The molecule has 1 saturated heterocycles. The molecule has 0 spiro atoms. The minimum Gasteiger partial charge on any atom is -0.343 e. The Balaban J connectivity index is 1.83. The van der Waals surface area contributed by atoms with Crippen molar-refractivity contribution in [2.24, 2.45) is 0 Å². The highest BCUT2D eigenvalue weighted by atomic mass is 16.2. The number of amides is 3. The smallest absolute Gasteiger partial charge is 0.251 e. The zero-order chi connectivity index (χ0) is 15.9. The van der Waals surface area contributed by atoms with E-state index in [0.29, 0.717) is 11.3 Å². The van der Waals surface area contributed by atoms with Crippen LogP contribution < -0.4 is 10.6 Å². The maximum absolute atomic E-state index is 12.0. The SMILES string of the molecule is CC(=O)Nc1ccc(C(=O)NCC(=O)N2CCCCC2)cc1. The summed E-state index contributed by atoms with van der Waals surface area (Å²) in [6.45, 7) is 3.00. The molecule has 0 unspecified atom stereocenters. The summed E-state index contributed by atoms with van der Waals surface area (Å²) >= 11 is 0. The summed E-state index contributed by atoms with van der Waals surface area (Å²) in [6, 6.07) is 6.55. The molecule has 2 rings (SSSR count). The molecule has 0 bridgehead atoms. The van der Waals surface area contributed by atoms with Crippen LogP contribution in [0.1, 0.15) is 36.5 Å². The van der Waals surface area contributed by atoms with Gasteiger partial charge in [-0.05, 0) is 43.5 Å². The molecular weight excluding hydrogens is 282 g/mol. The van der Waals surface area contributed by atoms with E-state index in [2.05, 4.69) is 10.6 Å². The third kappa shape index (κ3) is 4.58. The number of nitrogens with zero attached hydrogens (tertiary/aromatic N) is 1. The lowest BCUT2D eigenvalue weighted by atomic mass is 10.1. The van der Waals surface area contributed by atoms with Crippen LogP contribution in [0.15, 0.2) is 24.3 Å². The fourth-order valence-electron chi connectivity index (χ4n) is 2.42. The third-order valence-electron chi connectivity index (χ3n) is 3.58. The van der Waals surface area contributed by atoms with Gasteiger partial charge in [-0.15, -0.1) is 0 Å². The van der Waals surface area contributed by atoms with Gasteiger partial charge in [-0.1, -0.05) is 0 Å². The van der Waals surface area contributed by atoms with Crippen molar-refractivity contribution in [3.05, 3.63) is 29.8 Å². The second-order valence-electron chi connectivity index (χ2n) is 5.38. The monoisotopic (exact) mass is 303 g/mol. The fourth-order valence-corrected chi connectivity index (χ4v) is 2.42. The molecule has 6 nitrogen and oxygen atoms in total. The standard InChI is InChI=1S/C16H21N3O3/c1-12(20)18-14-7-5-13(6-8-14)16(22)17-11-15(21)19-9-3-2-4-10-19/h5-8H,2-4,9-11H2,1H3,(H,17,22)(H,18,20). The van der Waals surface area contributed by atoms with Gasteiger partial charge < -0.3 is 15.5 Å². The number of rotatable bonds is 4. The molecule has 1 aliphatic heterocycles. The molecule has 6 heteroatoms. The Bertz CT molecular complexity index is 548. The number of hydrogen-bond donors (Lipinski definition) is 2.